The van der Waals surface area contributed by atoms with Gasteiger partial charge in [-0.15, -0.1) is 10.2 Å². The molecule has 0 aromatic carbocycles. The van der Waals surface area contributed by atoms with Crippen LogP contribution in [0.1, 0.15) is 20.3 Å². The van der Waals surface area contributed by atoms with Gasteiger partial charge in [0.1, 0.15) is 6.54 Å². The fourth-order valence-electron chi connectivity index (χ4n) is 1.98. The first-order valence-electron chi connectivity index (χ1n) is 7.62. The zero-order valence-corrected chi connectivity index (χ0v) is 14.6. The molecule has 6 nitrogen and oxygen atoms in total. The SMILES string of the molecule is CCC(C)NC(=O)CSc1nnc(-c2ccncc2)n1CC(F)(F)F. The number of halogens is 3. The van der Waals surface area contributed by atoms with E-state index in [-0.39, 0.29) is 28.7 Å². The van der Waals surface area contributed by atoms with Gasteiger partial charge in [0.25, 0.3) is 0 Å². The fraction of sp³-hybridized carbons (Fsp3) is 0.467. The van der Waals surface area contributed by atoms with Gasteiger partial charge >= 0.3 is 6.18 Å². The summed E-state index contributed by atoms with van der Waals surface area (Å²) in [7, 11) is 0. The lowest BCUT2D eigenvalue weighted by Gasteiger charge is -2.13. The second-order valence-electron chi connectivity index (χ2n) is 5.41. The van der Waals surface area contributed by atoms with Crippen molar-refractivity contribution in [1.29, 1.82) is 0 Å². The molecular formula is C15H18F3N5OS. The van der Waals surface area contributed by atoms with Crippen molar-refractivity contribution in [2.75, 3.05) is 5.75 Å². The number of thioether (sulfide) groups is 1. The van der Waals surface area contributed by atoms with E-state index in [4.69, 9.17) is 0 Å². The van der Waals surface area contributed by atoms with E-state index >= 15 is 0 Å². The number of alkyl halides is 3. The van der Waals surface area contributed by atoms with Gasteiger partial charge in [-0.3, -0.25) is 14.3 Å². The molecule has 0 saturated heterocycles. The molecule has 2 rings (SSSR count). The monoisotopic (exact) mass is 373 g/mol. The summed E-state index contributed by atoms with van der Waals surface area (Å²) in [6, 6.07) is 3.12. The molecule has 25 heavy (non-hydrogen) atoms. The van der Waals surface area contributed by atoms with E-state index in [1.807, 2.05) is 13.8 Å². The van der Waals surface area contributed by atoms with Crippen molar-refractivity contribution in [2.45, 2.75) is 44.2 Å². The Morgan fingerprint density at radius 3 is 2.60 bits per heavy atom. The first kappa shape index (κ1) is 19.2. The van der Waals surface area contributed by atoms with Crippen molar-refractivity contribution < 1.29 is 18.0 Å². The highest BCUT2D eigenvalue weighted by molar-refractivity contribution is 7.99. The predicted octanol–water partition coefficient (Wildman–Crippen LogP) is 2.91. The Kier molecular flexibility index (Phi) is 6.40. The van der Waals surface area contributed by atoms with Gasteiger partial charge < -0.3 is 5.32 Å². The van der Waals surface area contributed by atoms with Crippen molar-refractivity contribution >= 4 is 17.7 Å². The van der Waals surface area contributed by atoms with Crippen LogP contribution in [0.25, 0.3) is 11.4 Å². The number of nitrogens with one attached hydrogen (secondary N) is 1. The Hall–Kier alpha value is -2.10. The highest BCUT2D eigenvalue weighted by Crippen LogP contribution is 2.28. The summed E-state index contributed by atoms with van der Waals surface area (Å²) < 4.78 is 39.8. The van der Waals surface area contributed by atoms with Crippen LogP contribution < -0.4 is 5.32 Å². The Morgan fingerprint density at radius 2 is 2.00 bits per heavy atom. The number of carbonyl (C=O) groups is 1. The van der Waals surface area contributed by atoms with E-state index in [9.17, 15) is 18.0 Å². The topological polar surface area (TPSA) is 72.7 Å². The quantitative estimate of drug-likeness (QED) is 0.756. The maximum atomic E-state index is 12.9. The number of hydrogen-bond donors (Lipinski definition) is 1. The zero-order chi connectivity index (χ0) is 18.4. The number of pyridine rings is 1. The third kappa shape index (κ3) is 5.73. The van der Waals surface area contributed by atoms with Gasteiger partial charge in [-0.2, -0.15) is 13.2 Å². The molecule has 0 radical (unpaired) electrons. The Balaban J connectivity index is 2.20. The number of carbonyl (C=O) groups excluding carboxylic acids is 1. The number of amides is 1. The van der Waals surface area contributed by atoms with Gasteiger partial charge in [0.2, 0.25) is 5.91 Å². The molecular weight excluding hydrogens is 355 g/mol. The molecule has 0 bridgehead atoms. The largest absolute Gasteiger partial charge is 0.406 e. The van der Waals surface area contributed by atoms with E-state index < -0.39 is 12.7 Å². The lowest BCUT2D eigenvalue weighted by atomic mass is 10.2. The molecule has 0 aliphatic carbocycles. The fourth-order valence-corrected chi connectivity index (χ4v) is 2.73. The molecule has 10 heteroatoms. The van der Waals surface area contributed by atoms with Crippen LogP contribution in [0.3, 0.4) is 0 Å². The van der Waals surface area contributed by atoms with Crippen molar-refractivity contribution in [3.8, 4) is 11.4 Å². The van der Waals surface area contributed by atoms with Gasteiger partial charge in [0.15, 0.2) is 11.0 Å². The lowest BCUT2D eigenvalue weighted by molar-refractivity contribution is -0.141. The summed E-state index contributed by atoms with van der Waals surface area (Å²) in [6.07, 6.45) is -0.728. The van der Waals surface area contributed by atoms with Gasteiger partial charge in [-0.1, -0.05) is 18.7 Å². The third-order valence-corrected chi connectivity index (χ3v) is 4.31. The average molecular weight is 373 g/mol. The van der Waals surface area contributed by atoms with Crippen LogP contribution in [0.4, 0.5) is 13.2 Å². The standard InChI is InChI=1S/C15H18F3N5OS/c1-3-10(2)20-12(24)8-25-14-22-21-13(11-4-6-19-7-5-11)23(14)9-15(16,17)18/h4-7,10H,3,8-9H2,1-2H3,(H,20,24). The average Bonchev–Trinajstić information content (AvgIpc) is 2.94. The number of hydrogen-bond acceptors (Lipinski definition) is 5. The lowest BCUT2D eigenvalue weighted by Crippen LogP contribution is -2.33. The van der Waals surface area contributed by atoms with Crippen LogP contribution in [-0.4, -0.2) is 43.6 Å². The molecule has 0 saturated carbocycles. The molecule has 136 valence electrons. The summed E-state index contributed by atoms with van der Waals surface area (Å²) in [5.74, 6) is -0.202. The van der Waals surface area contributed by atoms with Crippen molar-refractivity contribution in [3.63, 3.8) is 0 Å². The van der Waals surface area contributed by atoms with Gasteiger partial charge in [-0.25, -0.2) is 0 Å². The minimum Gasteiger partial charge on any atom is -0.353 e. The first-order valence-corrected chi connectivity index (χ1v) is 8.61. The smallest absolute Gasteiger partial charge is 0.353 e. The maximum Gasteiger partial charge on any atom is 0.406 e. The summed E-state index contributed by atoms with van der Waals surface area (Å²) in [5.41, 5.74) is 0.475. The number of rotatable bonds is 7. The molecule has 2 aromatic heterocycles. The van der Waals surface area contributed by atoms with Gasteiger partial charge in [0, 0.05) is 24.0 Å². The molecule has 0 aliphatic rings. The predicted molar refractivity (Wildman–Crippen MR) is 87.9 cm³/mol. The Morgan fingerprint density at radius 1 is 1.32 bits per heavy atom. The molecule has 1 unspecified atom stereocenters. The Bertz CT molecular complexity index is 705. The van der Waals surface area contributed by atoms with Gasteiger partial charge in [-0.05, 0) is 25.5 Å². The highest BCUT2D eigenvalue weighted by atomic mass is 32.2. The van der Waals surface area contributed by atoms with Crippen LogP contribution in [0.15, 0.2) is 29.7 Å². The second-order valence-corrected chi connectivity index (χ2v) is 6.35. The van der Waals surface area contributed by atoms with E-state index in [1.165, 1.54) is 12.4 Å². The Labute approximate surface area is 147 Å². The molecule has 2 aromatic rings. The third-order valence-electron chi connectivity index (χ3n) is 3.34. The van der Waals surface area contributed by atoms with E-state index in [1.54, 1.807) is 12.1 Å². The molecule has 1 atom stereocenters. The summed E-state index contributed by atoms with van der Waals surface area (Å²) in [6.45, 7) is 2.56. The normalized spacial score (nSPS) is 12.8. The van der Waals surface area contributed by atoms with Crippen molar-refractivity contribution in [2.24, 2.45) is 0 Å². The molecule has 0 fully saturated rings. The van der Waals surface area contributed by atoms with E-state index in [2.05, 4.69) is 20.5 Å². The van der Waals surface area contributed by atoms with Crippen LogP contribution in [0.2, 0.25) is 0 Å². The van der Waals surface area contributed by atoms with E-state index in [0.29, 0.717) is 5.56 Å². The van der Waals surface area contributed by atoms with Gasteiger partial charge in [0.05, 0.1) is 5.75 Å². The number of aromatic nitrogens is 4. The molecule has 1 amide bonds. The van der Waals surface area contributed by atoms with Crippen LogP contribution in [0, 0.1) is 0 Å². The molecule has 2 heterocycles. The first-order chi connectivity index (χ1) is 11.8. The van der Waals surface area contributed by atoms with E-state index in [0.717, 1.165) is 22.7 Å². The van der Waals surface area contributed by atoms with Crippen LogP contribution in [-0.2, 0) is 11.3 Å². The van der Waals surface area contributed by atoms with Crippen molar-refractivity contribution in [3.05, 3.63) is 24.5 Å². The van der Waals surface area contributed by atoms with Crippen LogP contribution >= 0.6 is 11.8 Å². The minimum atomic E-state index is -4.43. The minimum absolute atomic E-state index is 0.00789. The summed E-state index contributed by atoms with van der Waals surface area (Å²) in [4.78, 5) is 15.7. The molecule has 0 spiro atoms. The van der Waals surface area contributed by atoms with Crippen molar-refractivity contribution in [1.82, 2.24) is 25.1 Å². The second kappa shape index (κ2) is 8.32. The molecule has 1 N–H and O–H groups in total. The molecule has 0 aliphatic heterocycles. The maximum absolute atomic E-state index is 12.9. The highest BCUT2D eigenvalue weighted by Gasteiger charge is 2.31. The zero-order valence-electron chi connectivity index (χ0n) is 13.7. The van der Waals surface area contributed by atoms with Crippen LogP contribution in [0.5, 0.6) is 0 Å². The number of nitrogens with zero attached hydrogens (tertiary/aromatic N) is 4. The summed E-state index contributed by atoms with van der Waals surface area (Å²) in [5, 5.41) is 10.5. The summed E-state index contributed by atoms with van der Waals surface area (Å²) >= 11 is 0.926.